The molecule has 2 aliphatic heterocycles. The van der Waals surface area contributed by atoms with E-state index in [-0.39, 0.29) is 5.91 Å². The normalized spacial score (nSPS) is 24.6. The number of hydrogen-bond acceptors (Lipinski definition) is 3. The van der Waals surface area contributed by atoms with Gasteiger partial charge in [-0.2, -0.15) is 4.99 Å². The number of halogens is 1. The SMILES string of the molecule is C[C@H]1CCCN(C2=NC(=O)/C(=C\c3ccc(Br)cc3)S2)C1. The lowest BCUT2D eigenvalue weighted by atomic mass is 10.0. The second-order valence-corrected chi connectivity index (χ2v) is 7.48. The molecule has 2 aliphatic rings. The highest BCUT2D eigenvalue weighted by molar-refractivity contribution is 9.10. The number of piperidine rings is 1. The molecule has 110 valence electrons. The number of carbonyl (C=O) groups is 1. The largest absolute Gasteiger partial charge is 0.351 e. The minimum absolute atomic E-state index is 0.115. The predicted molar refractivity (Wildman–Crippen MR) is 92.1 cm³/mol. The number of benzene rings is 1. The summed E-state index contributed by atoms with van der Waals surface area (Å²) in [5, 5.41) is 0.870. The number of rotatable bonds is 1. The number of hydrogen-bond donors (Lipinski definition) is 0. The van der Waals surface area contributed by atoms with E-state index in [2.05, 4.69) is 32.7 Å². The van der Waals surface area contributed by atoms with Crippen molar-refractivity contribution in [2.45, 2.75) is 19.8 Å². The number of amidine groups is 1. The van der Waals surface area contributed by atoms with Crippen LogP contribution in [0.2, 0.25) is 0 Å². The third-order valence-electron chi connectivity index (χ3n) is 3.70. The molecule has 1 aromatic carbocycles. The van der Waals surface area contributed by atoms with E-state index in [9.17, 15) is 4.79 Å². The molecule has 21 heavy (non-hydrogen) atoms. The van der Waals surface area contributed by atoms with Crippen molar-refractivity contribution < 1.29 is 4.79 Å². The van der Waals surface area contributed by atoms with Gasteiger partial charge in [0.25, 0.3) is 5.91 Å². The average molecular weight is 365 g/mol. The van der Waals surface area contributed by atoms with Crippen LogP contribution in [0, 0.1) is 5.92 Å². The summed E-state index contributed by atoms with van der Waals surface area (Å²) in [4.78, 5) is 19.3. The van der Waals surface area contributed by atoms with E-state index < -0.39 is 0 Å². The van der Waals surface area contributed by atoms with Crippen LogP contribution in [0.15, 0.2) is 38.6 Å². The molecule has 1 saturated heterocycles. The van der Waals surface area contributed by atoms with E-state index in [0.29, 0.717) is 10.8 Å². The van der Waals surface area contributed by atoms with Crippen LogP contribution >= 0.6 is 27.7 Å². The topological polar surface area (TPSA) is 32.7 Å². The molecule has 1 amide bonds. The minimum Gasteiger partial charge on any atom is -0.351 e. The zero-order valence-corrected chi connectivity index (χ0v) is 14.3. The lowest BCUT2D eigenvalue weighted by molar-refractivity contribution is -0.113. The van der Waals surface area contributed by atoms with Gasteiger partial charge in [-0.3, -0.25) is 4.79 Å². The first-order valence-corrected chi connectivity index (χ1v) is 8.76. The Morgan fingerprint density at radius 3 is 2.86 bits per heavy atom. The van der Waals surface area contributed by atoms with E-state index in [4.69, 9.17) is 0 Å². The van der Waals surface area contributed by atoms with Crippen LogP contribution in [-0.4, -0.2) is 29.1 Å². The molecule has 1 atom stereocenters. The Morgan fingerprint density at radius 1 is 1.38 bits per heavy atom. The van der Waals surface area contributed by atoms with Crippen molar-refractivity contribution in [3.05, 3.63) is 39.2 Å². The van der Waals surface area contributed by atoms with Crippen molar-refractivity contribution in [1.82, 2.24) is 4.90 Å². The molecule has 0 N–H and O–H groups in total. The van der Waals surface area contributed by atoms with E-state index in [1.807, 2.05) is 30.3 Å². The van der Waals surface area contributed by atoms with E-state index in [1.165, 1.54) is 24.6 Å². The van der Waals surface area contributed by atoms with Crippen molar-refractivity contribution >= 4 is 44.8 Å². The highest BCUT2D eigenvalue weighted by Gasteiger charge is 2.28. The molecular weight excluding hydrogens is 348 g/mol. The molecule has 0 bridgehead atoms. The molecule has 0 aromatic heterocycles. The Kier molecular flexibility index (Phi) is 4.50. The number of aliphatic imine (C=N–C) groups is 1. The van der Waals surface area contributed by atoms with Crippen molar-refractivity contribution in [2.24, 2.45) is 10.9 Å². The lowest BCUT2D eigenvalue weighted by Crippen LogP contribution is -2.37. The van der Waals surface area contributed by atoms with Crippen LogP contribution in [0.4, 0.5) is 0 Å². The van der Waals surface area contributed by atoms with Gasteiger partial charge in [-0.05, 0) is 54.3 Å². The number of likely N-dealkylation sites (tertiary alicyclic amines) is 1. The standard InChI is InChI=1S/C16H17BrN2OS/c1-11-3-2-8-19(10-11)16-18-15(20)14(21-16)9-12-4-6-13(17)7-5-12/h4-7,9,11H,2-3,8,10H2,1H3/b14-9+/t11-/m0/s1. The van der Waals surface area contributed by atoms with Crippen LogP contribution in [0.5, 0.6) is 0 Å². The monoisotopic (exact) mass is 364 g/mol. The number of amides is 1. The Labute approximate surface area is 137 Å². The fraction of sp³-hybridized carbons (Fsp3) is 0.375. The number of thioether (sulfide) groups is 1. The lowest BCUT2D eigenvalue weighted by Gasteiger charge is -2.31. The summed E-state index contributed by atoms with van der Waals surface area (Å²) in [6.07, 6.45) is 4.37. The summed E-state index contributed by atoms with van der Waals surface area (Å²) in [6.45, 7) is 4.27. The van der Waals surface area contributed by atoms with Gasteiger partial charge < -0.3 is 4.90 Å². The highest BCUT2D eigenvalue weighted by Crippen LogP contribution is 2.32. The zero-order chi connectivity index (χ0) is 14.8. The molecule has 5 heteroatoms. The molecule has 1 fully saturated rings. The average Bonchev–Trinajstić information content (AvgIpc) is 2.83. The van der Waals surface area contributed by atoms with Crippen LogP contribution in [0.1, 0.15) is 25.3 Å². The van der Waals surface area contributed by atoms with Crippen LogP contribution in [0.3, 0.4) is 0 Å². The Bertz CT molecular complexity index is 609. The molecular formula is C16H17BrN2OS. The maximum Gasteiger partial charge on any atom is 0.286 e. The van der Waals surface area contributed by atoms with Crippen LogP contribution < -0.4 is 0 Å². The van der Waals surface area contributed by atoms with Gasteiger partial charge in [0.1, 0.15) is 0 Å². The van der Waals surface area contributed by atoms with Gasteiger partial charge in [0.15, 0.2) is 5.17 Å². The van der Waals surface area contributed by atoms with Gasteiger partial charge in [-0.25, -0.2) is 0 Å². The molecule has 0 unspecified atom stereocenters. The summed E-state index contributed by atoms with van der Waals surface area (Å²) >= 11 is 4.92. The summed E-state index contributed by atoms with van der Waals surface area (Å²) in [6, 6.07) is 7.94. The van der Waals surface area contributed by atoms with Crippen molar-refractivity contribution in [1.29, 1.82) is 0 Å². The Balaban J connectivity index is 1.73. The van der Waals surface area contributed by atoms with Gasteiger partial charge in [0.05, 0.1) is 4.91 Å². The maximum absolute atomic E-state index is 12.1. The fourth-order valence-electron chi connectivity index (χ4n) is 2.61. The first-order chi connectivity index (χ1) is 10.1. The van der Waals surface area contributed by atoms with Crippen molar-refractivity contribution in [2.75, 3.05) is 13.1 Å². The highest BCUT2D eigenvalue weighted by atomic mass is 79.9. The fourth-order valence-corrected chi connectivity index (χ4v) is 3.82. The van der Waals surface area contributed by atoms with Crippen LogP contribution in [0.25, 0.3) is 6.08 Å². The summed E-state index contributed by atoms with van der Waals surface area (Å²) < 4.78 is 1.04. The van der Waals surface area contributed by atoms with E-state index in [1.54, 1.807) is 0 Å². The van der Waals surface area contributed by atoms with E-state index >= 15 is 0 Å². The third kappa shape index (κ3) is 3.58. The minimum atomic E-state index is -0.115. The second kappa shape index (κ2) is 6.36. The summed E-state index contributed by atoms with van der Waals surface area (Å²) in [5.74, 6) is 0.563. The van der Waals surface area contributed by atoms with Gasteiger partial charge in [-0.15, -0.1) is 0 Å². The quantitative estimate of drug-likeness (QED) is 0.701. The molecule has 0 radical (unpaired) electrons. The smallest absolute Gasteiger partial charge is 0.286 e. The Morgan fingerprint density at radius 2 is 2.14 bits per heavy atom. The molecule has 0 saturated carbocycles. The first kappa shape index (κ1) is 14.9. The summed E-state index contributed by atoms with van der Waals surface area (Å²) in [5.41, 5.74) is 1.03. The number of carbonyl (C=O) groups excluding carboxylic acids is 1. The zero-order valence-electron chi connectivity index (χ0n) is 11.9. The third-order valence-corrected chi connectivity index (χ3v) is 5.28. The second-order valence-electron chi connectivity index (χ2n) is 5.56. The van der Waals surface area contributed by atoms with Crippen LogP contribution in [-0.2, 0) is 4.79 Å². The van der Waals surface area contributed by atoms with Gasteiger partial charge >= 0.3 is 0 Å². The molecule has 0 spiro atoms. The van der Waals surface area contributed by atoms with Gasteiger partial charge in [0.2, 0.25) is 0 Å². The molecule has 2 heterocycles. The van der Waals surface area contributed by atoms with Gasteiger partial charge in [0, 0.05) is 17.6 Å². The predicted octanol–water partition coefficient (Wildman–Crippen LogP) is 4.15. The van der Waals surface area contributed by atoms with Crippen molar-refractivity contribution in [3.8, 4) is 0 Å². The molecule has 3 rings (SSSR count). The first-order valence-electron chi connectivity index (χ1n) is 7.15. The van der Waals surface area contributed by atoms with Gasteiger partial charge in [-0.1, -0.05) is 35.0 Å². The summed E-state index contributed by atoms with van der Waals surface area (Å²) in [7, 11) is 0. The molecule has 0 aliphatic carbocycles. The number of nitrogens with zero attached hydrogens (tertiary/aromatic N) is 2. The van der Waals surface area contributed by atoms with Crippen molar-refractivity contribution in [3.63, 3.8) is 0 Å². The Hall–Kier alpha value is -1.07. The molecule has 3 nitrogen and oxygen atoms in total. The maximum atomic E-state index is 12.1. The molecule has 1 aromatic rings. The van der Waals surface area contributed by atoms with E-state index in [0.717, 1.165) is 28.3 Å².